The number of carbonyl (C=O) groups excluding carboxylic acids is 2. The molecule has 2 aromatic carbocycles. The standard InChI is InChI=1S/C19H18BrFN2O2/c1-12(2)19(25)23-16-7-5-15(6-8-16)22-18(24)10-3-13-11-14(20)4-9-17(13)21/h3-12H,1-2H3,(H,22,24)(H,23,25)/b10-3+. The van der Waals surface area contributed by atoms with Crippen molar-refractivity contribution in [2.24, 2.45) is 5.92 Å². The molecule has 0 bridgehead atoms. The molecular formula is C19H18BrFN2O2. The Balaban J connectivity index is 1.97. The molecule has 130 valence electrons. The Morgan fingerprint density at radius 1 is 1.04 bits per heavy atom. The summed E-state index contributed by atoms with van der Waals surface area (Å²) in [6, 6.07) is 11.3. The van der Waals surface area contributed by atoms with E-state index in [4.69, 9.17) is 0 Å². The van der Waals surface area contributed by atoms with Crippen molar-refractivity contribution in [2.75, 3.05) is 10.6 Å². The smallest absolute Gasteiger partial charge is 0.248 e. The average Bonchev–Trinajstić information content (AvgIpc) is 2.57. The van der Waals surface area contributed by atoms with Crippen molar-refractivity contribution >= 4 is 45.2 Å². The van der Waals surface area contributed by atoms with Crippen LogP contribution in [0.5, 0.6) is 0 Å². The Hall–Kier alpha value is -2.47. The molecule has 0 saturated heterocycles. The van der Waals surface area contributed by atoms with Crippen molar-refractivity contribution in [1.82, 2.24) is 0 Å². The molecule has 4 nitrogen and oxygen atoms in total. The first-order valence-electron chi connectivity index (χ1n) is 7.70. The normalized spacial score (nSPS) is 10.9. The van der Waals surface area contributed by atoms with Gasteiger partial charge in [0.1, 0.15) is 5.82 Å². The summed E-state index contributed by atoms with van der Waals surface area (Å²) in [5.41, 5.74) is 1.55. The fourth-order valence-electron chi connectivity index (χ4n) is 1.92. The summed E-state index contributed by atoms with van der Waals surface area (Å²) >= 11 is 3.26. The molecule has 6 heteroatoms. The maximum atomic E-state index is 13.6. The molecule has 0 aromatic heterocycles. The minimum Gasteiger partial charge on any atom is -0.326 e. The van der Waals surface area contributed by atoms with Crippen molar-refractivity contribution in [3.05, 3.63) is 64.4 Å². The molecule has 0 spiro atoms. The van der Waals surface area contributed by atoms with Crippen LogP contribution in [0.2, 0.25) is 0 Å². The zero-order valence-corrected chi connectivity index (χ0v) is 15.4. The molecule has 0 aliphatic carbocycles. The summed E-state index contributed by atoms with van der Waals surface area (Å²) in [6.07, 6.45) is 2.67. The number of rotatable bonds is 5. The predicted molar refractivity (Wildman–Crippen MR) is 102 cm³/mol. The Labute approximate surface area is 154 Å². The molecule has 2 amide bonds. The highest BCUT2D eigenvalue weighted by Crippen LogP contribution is 2.17. The van der Waals surface area contributed by atoms with E-state index < -0.39 is 5.82 Å². The summed E-state index contributed by atoms with van der Waals surface area (Å²) < 4.78 is 14.3. The lowest BCUT2D eigenvalue weighted by molar-refractivity contribution is -0.119. The number of benzene rings is 2. The predicted octanol–water partition coefficient (Wildman–Crippen LogP) is 4.83. The lowest BCUT2D eigenvalue weighted by Gasteiger charge is -2.08. The number of carbonyl (C=O) groups is 2. The second-order valence-corrected chi connectivity index (χ2v) is 6.63. The number of amides is 2. The van der Waals surface area contributed by atoms with Crippen molar-refractivity contribution in [2.45, 2.75) is 13.8 Å². The highest BCUT2D eigenvalue weighted by atomic mass is 79.9. The Kier molecular flexibility index (Phi) is 6.47. The lowest BCUT2D eigenvalue weighted by Crippen LogP contribution is -2.17. The fraction of sp³-hybridized carbons (Fsp3) is 0.158. The molecule has 0 heterocycles. The van der Waals surface area contributed by atoms with Gasteiger partial charge in [-0.15, -0.1) is 0 Å². The van der Waals surface area contributed by atoms with Gasteiger partial charge < -0.3 is 10.6 Å². The minimum atomic E-state index is -0.405. The summed E-state index contributed by atoms with van der Waals surface area (Å²) in [7, 11) is 0. The third-order valence-electron chi connectivity index (χ3n) is 3.32. The average molecular weight is 405 g/mol. The van der Waals surface area contributed by atoms with Crippen molar-refractivity contribution < 1.29 is 14.0 Å². The summed E-state index contributed by atoms with van der Waals surface area (Å²) in [4.78, 5) is 23.6. The maximum Gasteiger partial charge on any atom is 0.248 e. The van der Waals surface area contributed by atoms with E-state index in [0.29, 0.717) is 16.9 Å². The number of hydrogen-bond acceptors (Lipinski definition) is 2. The van der Waals surface area contributed by atoms with Gasteiger partial charge in [-0.1, -0.05) is 29.8 Å². The van der Waals surface area contributed by atoms with E-state index >= 15 is 0 Å². The van der Waals surface area contributed by atoms with Crippen LogP contribution in [0.1, 0.15) is 19.4 Å². The highest BCUT2D eigenvalue weighted by Gasteiger charge is 2.07. The molecule has 0 aliphatic rings. The van der Waals surface area contributed by atoms with Crippen LogP contribution >= 0.6 is 15.9 Å². The van der Waals surface area contributed by atoms with Gasteiger partial charge in [0.05, 0.1) is 0 Å². The van der Waals surface area contributed by atoms with E-state index in [1.165, 1.54) is 18.2 Å². The van der Waals surface area contributed by atoms with Crippen LogP contribution in [0.25, 0.3) is 6.08 Å². The third kappa shape index (κ3) is 5.83. The van der Waals surface area contributed by atoms with Gasteiger partial charge in [0.25, 0.3) is 0 Å². The second-order valence-electron chi connectivity index (χ2n) is 5.71. The zero-order chi connectivity index (χ0) is 18.4. The van der Waals surface area contributed by atoms with Gasteiger partial charge in [-0.2, -0.15) is 0 Å². The molecule has 2 rings (SSSR count). The number of anilines is 2. The van der Waals surface area contributed by atoms with Crippen LogP contribution in [0.3, 0.4) is 0 Å². The van der Waals surface area contributed by atoms with Gasteiger partial charge in [0.15, 0.2) is 0 Å². The van der Waals surface area contributed by atoms with Gasteiger partial charge in [-0.05, 0) is 48.5 Å². The van der Waals surface area contributed by atoms with Crippen molar-refractivity contribution in [3.8, 4) is 0 Å². The molecule has 2 aromatic rings. The maximum absolute atomic E-state index is 13.6. The number of nitrogens with one attached hydrogen (secondary N) is 2. The Morgan fingerprint density at radius 3 is 2.24 bits per heavy atom. The van der Waals surface area contributed by atoms with Crippen LogP contribution in [-0.2, 0) is 9.59 Å². The van der Waals surface area contributed by atoms with Crippen LogP contribution in [0.4, 0.5) is 15.8 Å². The molecule has 0 unspecified atom stereocenters. The SMILES string of the molecule is CC(C)C(=O)Nc1ccc(NC(=O)/C=C/c2cc(Br)ccc2F)cc1. The number of hydrogen-bond donors (Lipinski definition) is 2. The molecule has 25 heavy (non-hydrogen) atoms. The first kappa shape index (κ1) is 18.9. The van der Waals surface area contributed by atoms with Crippen LogP contribution in [0, 0.1) is 11.7 Å². The number of halogens is 2. The van der Waals surface area contributed by atoms with Crippen LogP contribution < -0.4 is 10.6 Å². The summed E-state index contributed by atoms with van der Waals surface area (Å²) in [6.45, 7) is 3.62. The Morgan fingerprint density at radius 2 is 1.64 bits per heavy atom. The molecule has 0 radical (unpaired) electrons. The molecule has 2 N–H and O–H groups in total. The monoisotopic (exact) mass is 404 g/mol. The van der Waals surface area contributed by atoms with E-state index in [-0.39, 0.29) is 17.7 Å². The third-order valence-corrected chi connectivity index (χ3v) is 3.81. The molecule has 0 saturated carbocycles. The van der Waals surface area contributed by atoms with Gasteiger partial charge in [0, 0.05) is 33.4 Å². The van der Waals surface area contributed by atoms with Gasteiger partial charge in [-0.25, -0.2) is 4.39 Å². The topological polar surface area (TPSA) is 58.2 Å². The quantitative estimate of drug-likeness (QED) is 0.700. The Bertz CT molecular complexity index is 802. The summed E-state index contributed by atoms with van der Waals surface area (Å²) in [5, 5.41) is 5.45. The largest absolute Gasteiger partial charge is 0.326 e. The fourth-order valence-corrected chi connectivity index (χ4v) is 2.29. The molecular weight excluding hydrogens is 387 g/mol. The van der Waals surface area contributed by atoms with E-state index in [9.17, 15) is 14.0 Å². The van der Waals surface area contributed by atoms with Gasteiger partial charge in [-0.3, -0.25) is 9.59 Å². The van der Waals surface area contributed by atoms with E-state index in [2.05, 4.69) is 26.6 Å². The van der Waals surface area contributed by atoms with E-state index in [1.54, 1.807) is 36.4 Å². The van der Waals surface area contributed by atoms with Gasteiger partial charge >= 0.3 is 0 Å². The van der Waals surface area contributed by atoms with Crippen LogP contribution in [0.15, 0.2) is 53.0 Å². The van der Waals surface area contributed by atoms with E-state index in [0.717, 1.165) is 4.47 Å². The molecule has 0 aliphatic heterocycles. The first-order chi connectivity index (χ1) is 11.8. The zero-order valence-electron chi connectivity index (χ0n) is 13.8. The molecule has 0 atom stereocenters. The van der Waals surface area contributed by atoms with Crippen molar-refractivity contribution in [3.63, 3.8) is 0 Å². The molecule has 0 fully saturated rings. The first-order valence-corrected chi connectivity index (χ1v) is 8.49. The van der Waals surface area contributed by atoms with E-state index in [1.807, 2.05) is 13.8 Å². The van der Waals surface area contributed by atoms with Crippen LogP contribution in [-0.4, -0.2) is 11.8 Å². The second kappa shape index (κ2) is 8.58. The van der Waals surface area contributed by atoms with Gasteiger partial charge in [0.2, 0.25) is 11.8 Å². The summed E-state index contributed by atoms with van der Waals surface area (Å²) in [5.74, 6) is -0.963. The lowest BCUT2D eigenvalue weighted by atomic mass is 10.2. The van der Waals surface area contributed by atoms with Crippen molar-refractivity contribution in [1.29, 1.82) is 0 Å². The highest BCUT2D eigenvalue weighted by molar-refractivity contribution is 9.10. The minimum absolute atomic E-state index is 0.0734.